The molecule has 2 aromatic heterocycles. The number of aromatic nitrogens is 3. The largest absolute Gasteiger partial charge is 0.375 e. The van der Waals surface area contributed by atoms with E-state index in [0.717, 1.165) is 23.1 Å². The third-order valence-corrected chi connectivity index (χ3v) is 7.93. The Kier molecular flexibility index (Phi) is 8.69. The smallest absolute Gasteiger partial charge is 0.242 e. The summed E-state index contributed by atoms with van der Waals surface area (Å²) in [7, 11) is 0. The van der Waals surface area contributed by atoms with Crippen molar-refractivity contribution >= 4 is 22.6 Å². The van der Waals surface area contributed by atoms with Crippen LogP contribution in [0, 0.1) is 17.5 Å². The molecule has 1 saturated heterocycles. The van der Waals surface area contributed by atoms with Gasteiger partial charge in [0.05, 0.1) is 53.9 Å². The summed E-state index contributed by atoms with van der Waals surface area (Å²) < 4.78 is 48.4. The van der Waals surface area contributed by atoms with Gasteiger partial charge in [0.25, 0.3) is 0 Å². The van der Waals surface area contributed by atoms with E-state index in [1.54, 1.807) is 0 Å². The number of carbonyl (C=O) groups excluding carboxylic acids is 1. The average Bonchev–Trinajstić information content (AvgIpc) is 3.47. The van der Waals surface area contributed by atoms with Crippen LogP contribution in [0.4, 0.5) is 18.9 Å². The summed E-state index contributed by atoms with van der Waals surface area (Å²) in [6.07, 6.45) is 3.06. The molecular weight excluding hydrogens is 569 g/mol. The Morgan fingerprint density at radius 1 is 0.977 bits per heavy atom. The number of halogens is 3. The Balaban J connectivity index is 1.12. The van der Waals surface area contributed by atoms with Crippen molar-refractivity contribution < 1.29 is 22.7 Å². The van der Waals surface area contributed by atoms with Gasteiger partial charge in [-0.25, -0.2) is 18.2 Å². The number of rotatable bonds is 9. The highest BCUT2D eigenvalue weighted by atomic mass is 19.1. The fourth-order valence-corrected chi connectivity index (χ4v) is 5.57. The number of benzene rings is 3. The lowest BCUT2D eigenvalue weighted by Crippen LogP contribution is -2.42. The molecule has 5 aromatic rings. The lowest BCUT2D eigenvalue weighted by Gasteiger charge is -2.29. The standard InChI is InChI=1S/C33H31F3N6O2/c34-21-9-5-19(6-10-21)30(20-7-11-22(35)12-8-20)31(37)33(43)42-28-17-38-16-25(36)24(28)14-13-23-15-39-29(18-44-23)32-40-26-3-1-2-4-27(26)41-32/h1-12,16-17,23,29-31,39H,13-15,18,37H2,(H,40,41)(H,42,43)/t23-,29+,31+/m1/s1. The van der Waals surface area contributed by atoms with Gasteiger partial charge in [0.2, 0.25) is 5.91 Å². The number of nitrogens with one attached hydrogen (secondary N) is 3. The summed E-state index contributed by atoms with van der Waals surface area (Å²) >= 11 is 0. The maximum Gasteiger partial charge on any atom is 0.242 e. The second-order valence-corrected chi connectivity index (χ2v) is 10.8. The van der Waals surface area contributed by atoms with Gasteiger partial charge in [0.1, 0.15) is 23.3 Å². The molecule has 44 heavy (non-hydrogen) atoms. The minimum Gasteiger partial charge on any atom is -0.375 e. The van der Waals surface area contributed by atoms with E-state index in [2.05, 4.69) is 25.6 Å². The van der Waals surface area contributed by atoms with Crippen LogP contribution < -0.4 is 16.4 Å². The van der Waals surface area contributed by atoms with Crippen LogP contribution in [0.2, 0.25) is 0 Å². The number of carbonyl (C=O) groups is 1. The molecule has 8 nitrogen and oxygen atoms in total. The van der Waals surface area contributed by atoms with Gasteiger partial charge in [-0.05, 0) is 60.4 Å². The van der Waals surface area contributed by atoms with Crippen molar-refractivity contribution in [2.75, 3.05) is 18.5 Å². The third-order valence-electron chi connectivity index (χ3n) is 7.93. The van der Waals surface area contributed by atoms with Crippen LogP contribution in [-0.2, 0) is 16.0 Å². The van der Waals surface area contributed by atoms with Crippen LogP contribution in [0.5, 0.6) is 0 Å². The first-order valence-electron chi connectivity index (χ1n) is 14.3. The van der Waals surface area contributed by atoms with E-state index >= 15 is 4.39 Å². The minimum absolute atomic E-state index is 0.0946. The van der Waals surface area contributed by atoms with Crippen LogP contribution in [0.3, 0.4) is 0 Å². The van der Waals surface area contributed by atoms with Crippen molar-refractivity contribution in [1.29, 1.82) is 0 Å². The van der Waals surface area contributed by atoms with E-state index in [4.69, 9.17) is 10.5 Å². The summed E-state index contributed by atoms with van der Waals surface area (Å²) in [5.74, 6) is -1.96. The molecule has 0 unspecified atom stereocenters. The summed E-state index contributed by atoms with van der Waals surface area (Å²) in [4.78, 5) is 25.3. The summed E-state index contributed by atoms with van der Waals surface area (Å²) in [6.45, 7) is 0.938. The topological polar surface area (TPSA) is 118 Å². The van der Waals surface area contributed by atoms with E-state index in [1.165, 1.54) is 54.7 Å². The molecule has 1 aliphatic heterocycles. The molecule has 5 N–H and O–H groups in total. The highest BCUT2D eigenvalue weighted by molar-refractivity contribution is 5.96. The zero-order valence-corrected chi connectivity index (χ0v) is 23.6. The maximum atomic E-state index is 15.0. The molecule has 226 valence electrons. The van der Waals surface area contributed by atoms with Gasteiger partial charge < -0.3 is 26.1 Å². The molecule has 0 radical (unpaired) electrons. The van der Waals surface area contributed by atoms with E-state index in [0.29, 0.717) is 30.7 Å². The van der Waals surface area contributed by atoms with Crippen molar-refractivity contribution in [3.05, 3.63) is 125 Å². The number of nitrogens with zero attached hydrogens (tertiary/aromatic N) is 2. The predicted molar refractivity (Wildman–Crippen MR) is 160 cm³/mol. The van der Waals surface area contributed by atoms with Crippen LogP contribution in [0.25, 0.3) is 11.0 Å². The first kappa shape index (κ1) is 29.5. The number of hydrogen-bond donors (Lipinski definition) is 4. The fourth-order valence-electron chi connectivity index (χ4n) is 5.57. The zero-order valence-electron chi connectivity index (χ0n) is 23.6. The summed E-state index contributed by atoms with van der Waals surface area (Å²) in [5.41, 5.74) is 9.93. The van der Waals surface area contributed by atoms with Gasteiger partial charge in [-0.3, -0.25) is 9.78 Å². The van der Waals surface area contributed by atoms with Gasteiger partial charge in [-0.15, -0.1) is 0 Å². The van der Waals surface area contributed by atoms with Gasteiger partial charge in [-0.2, -0.15) is 0 Å². The van der Waals surface area contributed by atoms with Gasteiger partial charge >= 0.3 is 0 Å². The quantitative estimate of drug-likeness (QED) is 0.186. The zero-order chi connectivity index (χ0) is 30.6. The Morgan fingerprint density at radius 2 is 1.66 bits per heavy atom. The number of imidazole rings is 1. The molecule has 0 bridgehead atoms. The molecular formula is C33H31F3N6O2. The van der Waals surface area contributed by atoms with Crippen molar-refractivity contribution in [2.45, 2.75) is 36.9 Å². The van der Waals surface area contributed by atoms with Crippen LogP contribution in [0.15, 0.2) is 85.2 Å². The van der Waals surface area contributed by atoms with Gasteiger partial charge in [-0.1, -0.05) is 36.4 Å². The highest BCUT2D eigenvalue weighted by Crippen LogP contribution is 2.30. The van der Waals surface area contributed by atoms with Gasteiger partial charge in [0.15, 0.2) is 0 Å². The fraction of sp³-hybridized carbons (Fsp3) is 0.242. The van der Waals surface area contributed by atoms with E-state index in [9.17, 15) is 13.6 Å². The number of aromatic amines is 1. The Labute approximate surface area is 251 Å². The van der Waals surface area contributed by atoms with Crippen LogP contribution in [0.1, 0.15) is 40.9 Å². The highest BCUT2D eigenvalue weighted by Gasteiger charge is 2.30. The number of nitrogens with two attached hydrogens (primary N) is 1. The number of pyridine rings is 1. The first-order valence-corrected chi connectivity index (χ1v) is 14.3. The van der Waals surface area contributed by atoms with E-state index in [1.807, 2.05) is 24.3 Å². The summed E-state index contributed by atoms with van der Waals surface area (Å²) in [6, 6.07) is 17.7. The number of fused-ring (bicyclic) bond motifs is 1. The molecule has 3 heterocycles. The number of anilines is 1. The Bertz CT molecular complexity index is 1660. The summed E-state index contributed by atoms with van der Waals surface area (Å²) in [5, 5.41) is 6.19. The normalized spacial score (nSPS) is 17.6. The van der Waals surface area contributed by atoms with Crippen LogP contribution in [-0.4, -0.2) is 46.2 Å². The lowest BCUT2D eigenvalue weighted by molar-refractivity contribution is -0.117. The number of hydrogen-bond acceptors (Lipinski definition) is 6. The maximum absolute atomic E-state index is 15.0. The first-order chi connectivity index (χ1) is 21.4. The minimum atomic E-state index is -1.16. The van der Waals surface area contributed by atoms with E-state index in [-0.39, 0.29) is 29.8 Å². The molecule has 0 saturated carbocycles. The number of para-hydroxylation sites is 2. The number of amides is 1. The van der Waals surface area contributed by atoms with Gasteiger partial charge in [0, 0.05) is 18.0 Å². The molecule has 1 aliphatic rings. The Hall–Kier alpha value is -4.58. The second kappa shape index (κ2) is 13.0. The lowest BCUT2D eigenvalue weighted by atomic mass is 9.85. The Morgan fingerprint density at radius 3 is 2.30 bits per heavy atom. The molecule has 6 rings (SSSR count). The SMILES string of the molecule is N[C@H](C(=O)Nc1cncc(F)c1CC[C@@H]1CN[C@H](c2nc3ccccc3[nH]2)CO1)C(c1ccc(F)cc1)c1ccc(F)cc1. The molecule has 3 aromatic carbocycles. The monoisotopic (exact) mass is 600 g/mol. The molecule has 1 fully saturated rings. The molecule has 3 atom stereocenters. The number of ether oxygens (including phenoxy) is 1. The van der Waals surface area contributed by atoms with Crippen molar-refractivity contribution in [2.24, 2.45) is 5.73 Å². The van der Waals surface area contributed by atoms with Crippen molar-refractivity contribution in [3.63, 3.8) is 0 Å². The molecule has 11 heteroatoms. The van der Waals surface area contributed by atoms with Crippen molar-refractivity contribution in [1.82, 2.24) is 20.3 Å². The second-order valence-electron chi connectivity index (χ2n) is 10.8. The van der Waals surface area contributed by atoms with Crippen LogP contribution >= 0.6 is 0 Å². The number of H-pyrrole nitrogens is 1. The van der Waals surface area contributed by atoms with Crippen molar-refractivity contribution in [3.8, 4) is 0 Å². The van der Waals surface area contributed by atoms with E-state index < -0.39 is 35.3 Å². The molecule has 0 spiro atoms. The average molecular weight is 601 g/mol. The molecule has 1 amide bonds. The number of morpholine rings is 1. The molecule has 0 aliphatic carbocycles. The predicted octanol–water partition coefficient (Wildman–Crippen LogP) is 5.14. The third kappa shape index (κ3) is 6.49.